The van der Waals surface area contributed by atoms with E-state index in [2.05, 4.69) is 46.4 Å². The molecule has 0 unspecified atom stereocenters. The first kappa shape index (κ1) is 24.5. The van der Waals surface area contributed by atoms with E-state index in [1.807, 2.05) is 6.07 Å². The zero-order valence-corrected chi connectivity index (χ0v) is 20.5. The van der Waals surface area contributed by atoms with E-state index in [0.29, 0.717) is 6.04 Å². The summed E-state index contributed by atoms with van der Waals surface area (Å²) in [4.78, 5) is 9.87. The van der Waals surface area contributed by atoms with Crippen molar-refractivity contribution in [3.05, 3.63) is 18.2 Å². The topological polar surface area (TPSA) is 61.4 Å². The van der Waals surface area contributed by atoms with Crippen molar-refractivity contribution < 1.29 is 9.47 Å². The van der Waals surface area contributed by atoms with Crippen LogP contribution < -0.4 is 25.0 Å². The molecular weight excluding hydrogens is 402 g/mol. The Balaban J connectivity index is 1.47. The highest BCUT2D eigenvalue weighted by Crippen LogP contribution is 2.30. The van der Waals surface area contributed by atoms with Gasteiger partial charge >= 0.3 is 0 Å². The Kier molecular flexibility index (Phi) is 9.78. The van der Waals surface area contributed by atoms with Gasteiger partial charge in [0.25, 0.3) is 0 Å². The van der Waals surface area contributed by atoms with Gasteiger partial charge in [0.2, 0.25) is 0 Å². The van der Waals surface area contributed by atoms with Gasteiger partial charge in [0, 0.05) is 56.1 Å². The Labute approximate surface area is 194 Å². The summed E-state index contributed by atoms with van der Waals surface area (Å²) in [6.07, 6.45) is 6.00. The van der Waals surface area contributed by atoms with Gasteiger partial charge in [-0.05, 0) is 64.6 Å². The Hall–Kier alpha value is -2.15. The lowest BCUT2D eigenvalue weighted by Gasteiger charge is -2.35. The number of rotatable bonds is 9. The maximum Gasteiger partial charge on any atom is 0.191 e. The van der Waals surface area contributed by atoms with Gasteiger partial charge in [0.1, 0.15) is 11.5 Å². The molecule has 0 bridgehead atoms. The Morgan fingerprint density at radius 1 is 0.969 bits per heavy atom. The van der Waals surface area contributed by atoms with Crippen LogP contribution in [0.25, 0.3) is 0 Å². The number of ether oxygens (including phenoxy) is 2. The lowest BCUT2D eigenvalue weighted by molar-refractivity contribution is 0.188. The summed E-state index contributed by atoms with van der Waals surface area (Å²) in [5.74, 6) is 3.47. The molecule has 0 amide bonds. The van der Waals surface area contributed by atoms with Gasteiger partial charge in [-0.1, -0.05) is 6.92 Å². The van der Waals surface area contributed by atoms with Crippen LogP contribution in [0.1, 0.15) is 46.0 Å². The first-order chi connectivity index (χ1) is 15.6. The van der Waals surface area contributed by atoms with E-state index in [1.165, 1.54) is 38.9 Å². The van der Waals surface area contributed by atoms with Crippen molar-refractivity contribution >= 4 is 11.6 Å². The van der Waals surface area contributed by atoms with Gasteiger partial charge in [0.05, 0.1) is 14.2 Å². The third-order valence-electron chi connectivity index (χ3n) is 6.84. The zero-order valence-electron chi connectivity index (χ0n) is 20.5. The monoisotopic (exact) mass is 445 g/mol. The van der Waals surface area contributed by atoms with E-state index in [1.54, 1.807) is 14.2 Å². The van der Waals surface area contributed by atoms with Gasteiger partial charge in [-0.15, -0.1) is 0 Å². The number of benzene rings is 1. The van der Waals surface area contributed by atoms with E-state index in [9.17, 15) is 0 Å². The second-order valence-electron chi connectivity index (χ2n) is 8.90. The smallest absolute Gasteiger partial charge is 0.191 e. The van der Waals surface area contributed by atoms with Crippen molar-refractivity contribution in [2.24, 2.45) is 10.9 Å². The molecule has 2 heterocycles. The lowest BCUT2D eigenvalue weighted by Crippen LogP contribution is -2.48. The maximum atomic E-state index is 5.44. The van der Waals surface area contributed by atoms with Crippen molar-refractivity contribution in [1.82, 2.24) is 15.5 Å². The SMILES string of the molecule is CCNC(=NCCC1CCN(CC)CC1)NC1CCN(c2cc(OC)cc(OC)c2)CC1. The van der Waals surface area contributed by atoms with Crippen LogP contribution in [0.4, 0.5) is 5.69 Å². The van der Waals surface area contributed by atoms with E-state index in [-0.39, 0.29) is 0 Å². The van der Waals surface area contributed by atoms with Crippen LogP contribution >= 0.6 is 0 Å². The number of hydrogen-bond donors (Lipinski definition) is 2. The molecule has 3 rings (SSSR count). The molecule has 2 saturated heterocycles. The molecule has 2 aliphatic heterocycles. The predicted molar refractivity (Wildman–Crippen MR) is 133 cm³/mol. The standard InChI is InChI=1S/C25H43N5O2/c1-5-26-25(27-12-7-20-8-13-29(6-2)14-9-20)28-21-10-15-30(16-11-21)22-17-23(31-3)19-24(18-22)32-4/h17-21H,5-16H2,1-4H3,(H2,26,27,28). The maximum absolute atomic E-state index is 5.44. The van der Waals surface area contributed by atoms with E-state index < -0.39 is 0 Å². The van der Waals surface area contributed by atoms with Crippen molar-refractivity contribution in [1.29, 1.82) is 0 Å². The number of nitrogens with zero attached hydrogens (tertiary/aromatic N) is 3. The number of aliphatic imine (C=N–C) groups is 1. The number of methoxy groups -OCH3 is 2. The largest absolute Gasteiger partial charge is 0.497 e. The van der Waals surface area contributed by atoms with Gasteiger partial charge in [-0.25, -0.2) is 0 Å². The Morgan fingerprint density at radius 2 is 1.62 bits per heavy atom. The summed E-state index contributed by atoms with van der Waals surface area (Å²) in [5, 5.41) is 7.12. The predicted octanol–water partition coefficient (Wildman–Crippen LogP) is 3.35. The van der Waals surface area contributed by atoms with Gasteiger partial charge in [0.15, 0.2) is 5.96 Å². The minimum Gasteiger partial charge on any atom is -0.497 e. The second-order valence-corrected chi connectivity index (χ2v) is 8.90. The summed E-state index contributed by atoms with van der Waals surface area (Å²) in [6.45, 7) is 11.9. The van der Waals surface area contributed by atoms with Crippen LogP contribution in [0.3, 0.4) is 0 Å². The molecular formula is C25H43N5O2. The van der Waals surface area contributed by atoms with Crippen LogP contribution in [0.2, 0.25) is 0 Å². The summed E-state index contributed by atoms with van der Waals surface area (Å²) in [7, 11) is 3.40. The molecule has 1 aromatic rings. The molecule has 180 valence electrons. The molecule has 0 aromatic heterocycles. The molecule has 7 heteroatoms. The van der Waals surface area contributed by atoms with Crippen molar-refractivity contribution in [2.75, 3.05) is 64.9 Å². The van der Waals surface area contributed by atoms with Crippen molar-refractivity contribution in [2.45, 2.75) is 52.0 Å². The number of nitrogens with one attached hydrogen (secondary N) is 2. The highest BCUT2D eigenvalue weighted by Gasteiger charge is 2.22. The number of piperidine rings is 2. The normalized spacial score (nSPS) is 19.1. The Bertz CT molecular complexity index is 688. The third kappa shape index (κ3) is 7.19. The number of likely N-dealkylation sites (tertiary alicyclic amines) is 1. The zero-order chi connectivity index (χ0) is 22.8. The average molecular weight is 446 g/mol. The lowest BCUT2D eigenvalue weighted by atomic mass is 9.94. The number of anilines is 1. The first-order valence-corrected chi connectivity index (χ1v) is 12.4. The van der Waals surface area contributed by atoms with Crippen LogP contribution in [-0.4, -0.2) is 76.9 Å². The Morgan fingerprint density at radius 3 is 2.19 bits per heavy atom. The first-order valence-electron chi connectivity index (χ1n) is 12.4. The fourth-order valence-corrected chi connectivity index (χ4v) is 4.72. The van der Waals surface area contributed by atoms with Gasteiger partial charge < -0.3 is 29.9 Å². The van der Waals surface area contributed by atoms with Gasteiger partial charge in [-0.3, -0.25) is 4.99 Å². The molecule has 0 aliphatic carbocycles. The van der Waals surface area contributed by atoms with Crippen LogP contribution in [0, 0.1) is 5.92 Å². The molecule has 0 spiro atoms. The summed E-state index contributed by atoms with van der Waals surface area (Å²) in [5.41, 5.74) is 1.16. The molecule has 32 heavy (non-hydrogen) atoms. The fraction of sp³-hybridized carbons (Fsp3) is 0.720. The number of hydrogen-bond acceptors (Lipinski definition) is 5. The molecule has 2 aliphatic rings. The molecule has 0 radical (unpaired) electrons. The fourth-order valence-electron chi connectivity index (χ4n) is 4.72. The highest BCUT2D eigenvalue weighted by atomic mass is 16.5. The minimum absolute atomic E-state index is 0.448. The quantitative estimate of drug-likeness (QED) is 0.449. The van der Waals surface area contributed by atoms with Crippen LogP contribution in [-0.2, 0) is 0 Å². The average Bonchev–Trinajstić information content (AvgIpc) is 2.84. The molecule has 0 atom stereocenters. The van der Waals surface area contributed by atoms with E-state index >= 15 is 0 Å². The summed E-state index contributed by atoms with van der Waals surface area (Å²) in [6, 6.07) is 6.55. The molecule has 0 saturated carbocycles. The third-order valence-corrected chi connectivity index (χ3v) is 6.84. The van der Waals surface area contributed by atoms with Crippen molar-refractivity contribution in [3.8, 4) is 11.5 Å². The van der Waals surface area contributed by atoms with Gasteiger partial charge in [-0.2, -0.15) is 0 Å². The van der Waals surface area contributed by atoms with Crippen molar-refractivity contribution in [3.63, 3.8) is 0 Å². The second kappa shape index (κ2) is 12.8. The van der Waals surface area contributed by atoms with E-state index in [4.69, 9.17) is 14.5 Å². The van der Waals surface area contributed by atoms with E-state index in [0.717, 1.165) is 68.1 Å². The summed E-state index contributed by atoms with van der Waals surface area (Å²) < 4.78 is 10.9. The molecule has 2 N–H and O–H groups in total. The minimum atomic E-state index is 0.448. The highest BCUT2D eigenvalue weighted by molar-refractivity contribution is 5.80. The molecule has 2 fully saturated rings. The van der Waals surface area contributed by atoms with Crippen LogP contribution in [0.15, 0.2) is 23.2 Å². The molecule has 1 aromatic carbocycles. The molecule has 7 nitrogen and oxygen atoms in total. The number of guanidine groups is 1. The summed E-state index contributed by atoms with van der Waals surface area (Å²) >= 11 is 0. The van der Waals surface area contributed by atoms with Crippen LogP contribution in [0.5, 0.6) is 11.5 Å².